The molecule has 3 N–H and O–H groups in total. The van der Waals surface area contributed by atoms with Gasteiger partial charge in [-0.1, -0.05) is 15.9 Å². The lowest BCUT2D eigenvalue weighted by Crippen LogP contribution is -2.24. The fraction of sp³-hybridized carbons (Fsp3) is 0.308. The standard InChI is InChI=1S/C13H15BrN2O2/c1-7(2)16-10-4-3-9(14)5-8(10)6-11(16)12(15)13(17)18/h3-7,12H,15H2,1-2H3,(H,17,18). The molecular formula is C13H15BrN2O2. The number of rotatable bonds is 3. The number of carboxylic acid groups (broad SMARTS) is 1. The van der Waals surface area contributed by atoms with Crippen LogP contribution in [0.2, 0.25) is 0 Å². The van der Waals surface area contributed by atoms with Crippen LogP contribution in [0.3, 0.4) is 0 Å². The summed E-state index contributed by atoms with van der Waals surface area (Å²) in [5, 5.41) is 10.1. The van der Waals surface area contributed by atoms with Gasteiger partial charge in [-0.15, -0.1) is 0 Å². The maximum Gasteiger partial charge on any atom is 0.326 e. The number of carboxylic acids is 1. The van der Waals surface area contributed by atoms with Gasteiger partial charge in [-0.05, 0) is 38.1 Å². The first-order chi connectivity index (χ1) is 8.41. The number of fused-ring (bicyclic) bond motifs is 1. The summed E-state index contributed by atoms with van der Waals surface area (Å²) in [6.07, 6.45) is 0. The highest BCUT2D eigenvalue weighted by molar-refractivity contribution is 9.10. The van der Waals surface area contributed by atoms with Gasteiger partial charge in [0, 0.05) is 27.1 Å². The summed E-state index contributed by atoms with van der Waals surface area (Å²) >= 11 is 3.41. The number of nitrogens with zero attached hydrogens (tertiary/aromatic N) is 1. The molecule has 5 heteroatoms. The molecular weight excluding hydrogens is 296 g/mol. The highest BCUT2D eigenvalue weighted by atomic mass is 79.9. The summed E-state index contributed by atoms with van der Waals surface area (Å²) in [5.41, 5.74) is 7.38. The Bertz CT molecular complexity index is 604. The number of aromatic nitrogens is 1. The molecule has 0 amide bonds. The Hall–Kier alpha value is -1.33. The zero-order chi connectivity index (χ0) is 13.4. The lowest BCUT2D eigenvalue weighted by Gasteiger charge is -2.16. The molecule has 2 rings (SSSR count). The number of aliphatic carboxylic acids is 1. The molecule has 1 heterocycles. The molecule has 1 unspecified atom stereocenters. The summed E-state index contributed by atoms with van der Waals surface area (Å²) in [5.74, 6) is -1.02. The zero-order valence-electron chi connectivity index (χ0n) is 10.2. The number of hydrogen-bond donors (Lipinski definition) is 2. The van der Waals surface area contributed by atoms with Crippen molar-refractivity contribution in [2.45, 2.75) is 25.9 Å². The minimum absolute atomic E-state index is 0.157. The van der Waals surface area contributed by atoms with Crippen molar-refractivity contribution in [3.05, 3.63) is 34.4 Å². The molecule has 2 aromatic rings. The fourth-order valence-electron chi connectivity index (χ4n) is 2.17. The largest absolute Gasteiger partial charge is 0.480 e. The molecule has 0 saturated carbocycles. The van der Waals surface area contributed by atoms with Crippen LogP contribution in [0.25, 0.3) is 10.9 Å². The van der Waals surface area contributed by atoms with E-state index in [9.17, 15) is 4.79 Å². The van der Waals surface area contributed by atoms with E-state index in [-0.39, 0.29) is 6.04 Å². The number of halogens is 1. The van der Waals surface area contributed by atoms with Crippen molar-refractivity contribution in [3.8, 4) is 0 Å². The summed E-state index contributed by atoms with van der Waals surface area (Å²) < 4.78 is 2.94. The third kappa shape index (κ3) is 2.15. The van der Waals surface area contributed by atoms with Crippen LogP contribution in [-0.4, -0.2) is 15.6 Å². The SMILES string of the molecule is CC(C)n1c(C(N)C(=O)O)cc2cc(Br)ccc21. The monoisotopic (exact) mass is 310 g/mol. The average Bonchev–Trinajstić information content (AvgIpc) is 2.65. The van der Waals surface area contributed by atoms with Crippen molar-refractivity contribution >= 4 is 32.8 Å². The first-order valence-corrected chi connectivity index (χ1v) is 6.50. The Labute approximate surface area is 114 Å². The van der Waals surface area contributed by atoms with Crippen molar-refractivity contribution in [2.24, 2.45) is 5.73 Å². The smallest absolute Gasteiger partial charge is 0.326 e. The van der Waals surface area contributed by atoms with Gasteiger partial charge in [-0.2, -0.15) is 0 Å². The average molecular weight is 311 g/mol. The third-order valence-electron chi connectivity index (χ3n) is 2.93. The van der Waals surface area contributed by atoms with Gasteiger partial charge in [0.15, 0.2) is 0 Å². The van der Waals surface area contributed by atoms with Gasteiger partial charge in [0.2, 0.25) is 0 Å². The predicted molar refractivity (Wildman–Crippen MR) is 74.6 cm³/mol. The molecule has 0 spiro atoms. The molecule has 0 fully saturated rings. The number of nitrogens with two attached hydrogens (primary N) is 1. The van der Waals surface area contributed by atoms with Gasteiger partial charge in [0.1, 0.15) is 6.04 Å². The maximum absolute atomic E-state index is 11.1. The Kier molecular flexibility index (Phi) is 3.45. The van der Waals surface area contributed by atoms with Crippen LogP contribution in [0.4, 0.5) is 0 Å². The van der Waals surface area contributed by atoms with E-state index in [4.69, 9.17) is 10.8 Å². The second-order valence-corrected chi connectivity index (χ2v) is 5.47. The molecule has 0 aliphatic heterocycles. The molecule has 0 bridgehead atoms. The van der Waals surface area contributed by atoms with Gasteiger partial charge in [0.25, 0.3) is 0 Å². The van der Waals surface area contributed by atoms with E-state index in [1.165, 1.54) is 0 Å². The molecule has 4 nitrogen and oxygen atoms in total. The number of benzene rings is 1. The Morgan fingerprint density at radius 3 is 2.61 bits per heavy atom. The second-order valence-electron chi connectivity index (χ2n) is 4.55. The van der Waals surface area contributed by atoms with Crippen molar-refractivity contribution in [3.63, 3.8) is 0 Å². The van der Waals surface area contributed by atoms with Crippen LogP contribution in [-0.2, 0) is 4.79 Å². The summed E-state index contributed by atoms with van der Waals surface area (Å²) in [4.78, 5) is 11.1. The Morgan fingerprint density at radius 1 is 1.39 bits per heavy atom. The molecule has 18 heavy (non-hydrogen) atoms. The van der Waals surface area contributed by atoms with E-state index in [0.717, 1.165) is 15.4 Å². The minimum atomic E-state index is -1.02. The van der Waals surface area contributed by atoms with Crippen LogP contribution >= 0.6 is 15.9 Å². The number of carbonyl (C=O) groups is 1. The van der Waals surface area contributed by atoms with E-state index >= 15 is 0 Å². The second kappa shape index (κ2) is 4.74. The van der Waals surface area contributed by atoms with E-state index in [1.54, 1.807) is 0 Å². The quantitative estimate of drug-likeness (QED) is 0.915. The highest BCUT2D eigenvalue weighted by Gasteiger charge is 2.21. The van der Waals surface area contributed by atoms with Crippen molar-refractivity contribution in [1.29, 1.82) is 0 Å². The van der Waals surface area contributed by atoms with E-state index < -0.39 is 12.0 Å². The molecule has 1 aromatic heterocycles. The lowest BCUT2D eigenvalue weighted by molar-refractivity contribution is -0.138. The van der Waals surface area contributed by atoms with Gasteiger partial charge in [-0.3, -0.25) is 4.79 Å². The van der Waals surface area contributed by atoms with Crippen LogP contribution in [0, 0.1) is 0 Å². The Balaban J connectivity index is 2.72. The topological polar surface area (TPSA) is 68.2 Å². The summed E-state index contributed by atoms with van der Waals surface area (Å²) in [6, 6.07) is 6.88. The number of hydrogen-bond acceptors (Lipinski definition) is 2. The third-order valence-corrected chi connectivity index (χ3v) is 3.43. The molecule has 0 aliphatic carbocycles. The normalized spacial score (nSPS) is 13.2. The molecule has 1 atom stereocenters. The van der Waals surface area contributed by atoms with Crippen LogP contribution in [0.5, 0.6) is 0 Å². The summed E-state index contributed by atoms with van der Waals surface area (Å²) in [6.45, 7) is 4.03. The fourth-order valence-corrected chi connectivity index (χ4v) is 2.55. The molecule has 1 aromatic carbocycles. The molecule has 0 aliphatic rings. The molecule has 96 valence electrons. The molecule has 0 radical (unpaired) electrons. The Morgan fingerprint density at radius 2 is 2.06 bits per heavy atom. The van der Waals surface area contributed by atoms with E-state index in [1.807, 2.05) is 42.7 Å². The first-order valence-electron chi connectivity index (χ1n) is 5.70. The van der Waals surface area contributed by atoms with E-state index in [2.05, 4.69) is 15.9 Å². The molecule has 0 saturated heterocycles. The van der Waals surface area contributed by atoms with Crippen molar-refractivity contribution in [1.82, 2.24) is 4.57 Å². The lowest BCUT2D eigenvalue weighted by atomic mass is 10.2. The van der Waals surface area contributed by atoms with Gasteiger partial charge >= 0.3 is 5.97 Å². The van der Waals surface area contributed by atoms with Crippen LogP contribution < -0.4 is 5.73 Å². The van der Waals surface area contributed by atoms with Crippen LogP contribution in [0.1, 0.15) is 31.6 Å². The predicted octanol–water partition coefficient (Wildman–Crippen LogP) is 3.07. The van der Waals surface area contributed by atoms with Crippen molar-refractivity contribution in [2.75, 3.05) is 0 Å². The maximum atomic E-state index is 11.1. The van der Waals surface area contributed by atoms with Crippen molar-refractivity contribution < 1.29 is 9.90 Å². The highest BCUT2D eigenvalue weighted by Crippen LogP contribution is 2.29. The first kappa shape index (κ1) is 13.1. The van der Waals surface area contributed by atoms with Gasteiger partial charge < -0.3 is 15.4 Å². The van der Waals surface area contributed by atoms with E-state index in [0.29, 0.717) is 5.69 Å². The van der Waals surface area contributed by atoms with Crippen LogP contribution in [0.15, 0.2) is 28.7 Å². The zero-order valence-corrected chi connectivity index (χ0v) is 11.8. The van der Waals surface area contributed by atoms with Gasteiger partial charge in [0.05, 0.1) is 0 Å². The summed E-state index contributed by atoms with van der Waals surface area (Å²) in [7, 11) is 0. The minimum Gasteiger partial charge on any atom is -0.480 e. The van der Waals surface area contributed by atoms with Gasteiger partial charge in [-0.25, -0.2) is 0 Å².